The number of aliphatic hydroxyl groups is 1. The van der Waals surface area contributed by atoms with Gasteiger partial charge in [-0.15, -0.1) is 11.6 Å². The number of anilines is 2. The van der Waals surface area contributed by atoms with Crippen LogP contribution in [0.1, 0.15) is 0 Å². The number of hydrogen-bond acceptors (Lipinski definition) is 5. The Labute approximate surface area is 90.8 Å². The summed E-state index contributed by atoms with van der Waals surface area (Å²) in [5.74, 6) is -2.93. The van der Waals surface area contributed by atoms with E-state index in [1.54, 1.807) is 12.1 Å². The molecule has 1 aromatic rings. The van der Waals surface area contributed by atoms with E-state index in [0.29, 0.717) is 11.4 Å². The molecule has 1 atom stereocenters. The number of nitro groups is 1. The number of nitrogens with two attached hydrogens (primary N) is 1. The zero-order chi connectivity index (χ0) is 11.5. The molecule has 7 heteroatoms. The van der Waals surface area contributed by atoms with Gasteiger partial charge < -0.3 is 10.8 Å². The highest BCUT2D eigenvalue weighted by Gasteiger charge is 2.39. The fourth-order valence-electron chi connectivity index (χ4n) is 0.925. The average molecular weight is 232 g/mol. The SMILES string of the molecule is Nc1ccc(NC(O)(CCl)[N+](=O)[O-])cc1. The predicted molar refractivity (Wildman–Crippen MR) is 57.1 cm³/mol. The summed E-state index contributed by atoms with van der Waals surface area (Å²) in [6.07, 6.45) is 0. The van der Waals surface area contributed by atoms with Gasteiger partial charge in [0.1, 0.15) is 5.88 Å². The summed E-state index contributed by atoms with van der Waals surface area (Å²) in [6, 6.07) is 6.13. The number of nitrogen functional groups attached to an aromatic ring is 1. The molecule has 6 nitrogen and oxygen atoms in total. The van der Waals surface area contributed by atoms with Gasteiger partial charge in [-0.1, -0.05) is 0 Å². The van der Waals surface area contributed by atoms with E-state index >= 15 is 0 Å². The molecule has 0 radical (unpaired) electrons. The molecule has 0 saturated heterocycles. The van der Waals surface area contributed by atoms with E-state index in [1.165, 1.54) is 12.1 Å². The van der Waals surface area contributed by atoms with Gasteiger partial charge in [0.25, 0.3) is 0 Å². The highest BCUT2D eigenvalue weighted by molar-refractivity contribution is 6.18. The van der Waals surface area contributed by atoms with E-state index in [0.717, 1.165) is 0 Å². The standard InChI is InChI=1S/C8H10ClN3O3/c9-5-8(13,12(14)15)11-7-3-1-6(10)2-4-7/h1-4,11,13H,5,10H2. The summed E-state index contributed by atoms with van der Waals surface area (Å²) in [6.45, 7) is 0. The molecule has 0 aliphatic heterocycles. The van der Waals surface area contributed by atoms with Crippen molar-refractivity contribution in [2.75, 3.05) is 16.9 Å². The maximum absolute atomic E-state index is 10.5. The van der Waals surface area contributed by atoms with Crippen molar-refractivity contribution in [2.24, 2.45) is 0 Å². The fraction of sp³-hybridized carbons (Fsp3) is 0.250. The van der Waals surface area contributed by atoms with Crippen LogP contribution in [0.3, 0.4) is 0 Å². The van der Waals surface area contributed by atoms with Gasteiger partial charge in [0.15, 0.2) is 0 Å². The minimum atomic E-state index is -2.36. The van der Waals surface area contributed by atoms with Crippen molar-refractivity contribution in [3.63, 3.8) is 0 Å². The van der Waals surface area contributed by atoms with Crippen LogP contribution in [0.5, 0.6) is 0 Å². The van der Waals surface area contributed by atoms with E-state index in [-0.39, 0.29) is 0 Å². The molecule has 0 aliphatic rings. The van der Waals surface area contributed by atoms with Gasteiger partial charge in [0.05, 0.1) is 4.92 Å². The normalized spacial score (nSPS) is 14.3. The number of nitrogens with one attached hydrogen (secondary N) is 1. The molecule has 0 bridgehead atoms. The van der Waals surface area contributed by atoms with Gasteiger partial charge >= 0.3 is 5.85 Å². The van der Waals surface area contributed by atoms with E-state index in [2.05, 4.69) is 5.32 Å². The Morgan fingerprint density at radius 2 is 2.07 bits per heavy atom. The second-order valence-electron chi connectivity index (χ2n) is 2.95. The Kier molecular flexibility index (Phi) is 3.33. The number of halogens is 1. The van der Waals surface area contributed by atoms with Crippen molar-refractivity contribution < 1.29 is 10.0 Å². The second kappa shape index (κ2) is 4.33. The number of benzene rings is 1. The monoisotopic (exact) mass is 231 g/mol. The van der Waals surface area contributed by atoms with E-state index in [4.69, 9.17) is 17.3 Å². The average Bonchev–Trinajstić information content (AvgIpc) is 2.21. The molecule has 0 amide bonds. The lowest BCUT2D eigenvalue weighted by Gasteiger charge is -2.18. The molecule has 1 rings (SSSR count). The van der Waals surface area contributed by atoms with E-state index in [9.17, 15) is 15.2 Å². The summed E-state index contributed by atoms with van der Waals surface area (Å²) in [5.41, 5.74) is 6.32. The van der Waals surface area contributed by atoms with Crippen LogP contribution in [-0.2, 0) is 0 Å². The molecule has 0 aliphatic carbocycles. The molecule has 4 N–H and O–H groups in total. The molecule has 15 heavy (non-hydrogen) atoms. The first-order chi connectivity index (χ1) is 6.98. The Hall–Kier alpha value is -1.53. The Morgan fingerprint density at radius 1 is 1.53 bits per heavy atom. The van der Waals surface area contributed by atoms with E-state index in [1.807, 2.05) is 0 Å². The molecule has 1 aromatic carbocycles. The van der Waals surface area contributed by atoms with Crippen LogP contribution in [-0.4, -0.2) is 21.8 Å². The van der Waals surface area contributed by atoms with Crippen molar-refractivity contribution in [1.29, 1.82) is 0 Å². The van der Waals surface area contributed by atoms with Crippen LogP contribution in [0.15, 0.2) is 24.3 Å². The smallest absolute Gasteiger partial charge is 0.399 e. The molecule has 82 valence electrons. The number of hydrogen-bond donors (Lipinski definition) is 3. The van der Waals surface area contributed by atoms with Crippen molar-refractivity contribution in [3.8, 4) is 0 Å². The van der Waals surface area contributed by atoms with E-state index < -0.39 is 16.7 Å². The first kappa shape index (κ1) is 11.5. The van der Waals surface area contributed by atoms with Gasteiger partial charge in [0, 0.05) is 11.4 Å². The second-order valence-corrected chi connectivity index (χ2v) is 3.22. The summed E-state index contributed by atoms with van der Waals surface area (Å²) in [4.78, 5) is 9.62. The van der Waals surface area contributed by atoms with Gasteiger partial charge in [-0.3, -0.25) is 15.4 Å². The van der Waals surface area contributed by atoms with Crippen molar-refractivity contribution >= 4 is 23.0 Å². The minimum absolute atomic E-state index is 0.365. The van der Waals surface area contributed by atoms with Crippen LogP contribution in [0, 0.1) is 10.1 Å². The van der Waals surface area contributed by atoms with Gasteiger partial charge in [-0.05, 0) is 24.3 Å². The van der Waals surface area contributed by atoms with Gasteiger partial charge in [-0.25, -0.2) is 0 Å². The van der Waals surface area contributed by atoms with Crippen LogP contribution >= 0.6 is 11.6 Å². The zero-order valence-corrected chi connectivity index (χ0v) is 8.44. The Morgan fingerprint density at radius 3 is 2.47 bits per heavy atom. The first-order valence-electron chi connectivity index (χ1n) is 4.04. The minimum Gasteiger partial charge on any atom is -0.399 e. The highest BCUT2D eigenvalue weighted by atomic mass is 35.5. The lowest BCUT2D eigenvalue weighted by atomic mass is 10.3. The topological polar surface area (TPSA) is 101 Å². The maximum Gasteiger partial charge on any atom is 0.418 e. The fourth-order valence-corrected chi connectivity index (χ4v) is 1.09. The van der Waals surface area contributed by atoms with Gasteiger partial charge in [-0.2, -0.15) is 0 Å². The molecular formula is C8H10ClN3O3. The van der Waals surface area contributed by atoms with Crippen LogP contribution in [0.25, 0.3) is 0 Å². The first-order valence-corrected chi connectivity index (χ1v) is 4.58. The number of nitrogens with zero attached hydrogens (tertiary/aromatic N) is 1. The van der Waals surface area contributed by atoms with Crippen molar-refractivity contribution in [2.45, 2.75) is 5.85 Å². The van der Waals surface area contributed by atoms with Crippen molar-refractivity contribution in [1.82, 2.24) is 0 Å². The van der Waals surface area contributed by atoms with Crippen LogP contribution in [0.4, 0.5) is 11.4 Å². The summed E-state index contributed by atoms with van der Waals surface area (Å²) >= 11 is 5.31. The van der Waals surface area contributed by atoms with Crippen LogP contribution in [0.2, 0.25) is 0 Å². The third-order valence-corrected chi connectivity index (χ3v) is 2.12. The third kappa shape index (κ3) is 2.71. The molecule has 1 unspecified atom stereocenters. The number of alkyl halides is 1. The highest BCUT2D eigenvalue weighted by Crippen LogP contribution is 2.16. The van der Waals surface area contributed by atoms with Crippen molar-refractivity contribution in [3.05, 3.63) is 34.4 Å². The molecule has 0 heterocycles. The summed E-state index contributed by atoms with van der Waals surface area (Å²) in [5, 5.41) is 22.3. The quantitative estimate of drug-likeness (QED) is 0.234. The zero-order valence-electron chi connectivity index (χ0n) is 7.68. The largest absolute Gasteiger partial charge is 0.418 e. The molecule has 0 spiro atoms. The molecular weight excluding hydrogens is 222 g/mol. The summed E-state index contributed by atoms with van der Waals surface area (Å²) in [7, 11) is 0. The molecule has 0 saturated carbocycles. The molecule has 0 aromatic heterocycles. The van der Waals surface area contributed by atoms with Crippen LogP contribution < -0.4 is 11.1 Å². The summed E-state index contributed by atoms with van der Waals surface area (Å²) < 4.78 is 0. The Bertz CT molecular complexity index is 357. The Balaban J connectivity index is 2.84. The lowest BCUT2D eigenvalue weighted by molar-refractivity contribution is -0.608. The predicted octanol–water partition coefficient (Wildman–Crippen LogP) is 0.842. The van der Waals surface area contributed by atoms with Gasteiger partial charge in [0.2, 0.25) is 0 Å². The lowest BCUT2D eigenvalue weighted by Crippen LogP contribution is -2.47. The maximum atomic E-state index is 10.5. The number of rotatable bonds is 4. The third-order valence-electron chi connectivity index (χ3n) is 1.74. The molecule has 0 fully saturated rings.